The lowest BCUT2D eigenvalue weighted by Crippen LogP contribution is -2.51. The molecule has 22 heavy (non-hydrogen) atoms. The van der Waals surface area contributed by atoms with E-state index in [1.807, 2.05) is 6.92 Å². The van der Waals surface area contributed by atoms with Gasteiger partial charge in [0.15, 0.2) is 0 Å². The minimum absolute atomic E-state index is 0.0633. The zero-order chi connectivity index (χ0) is 16.6. The van der Waals surface area contributed by atoms with Crippen LogP contribution in [0.5, 0.6) is 0 Å². The quantitative estimate of drug-likeness (QED) is 0.728. The van der Waals surface area contributed by atoms with E-state index < -0.39 is 22.1 Å². The summed E-state index contributed by atoms with van der Waals surface area (Å²) in [5.41, 5.74) is 0. The molecule has 2 N–H and O–H groups in total. The lowest BCUT2D eigenvalue weighted by molar-refractivity contribution is 0.212. The molecule has 0 aromatic carbocycles. The maximum atomic E-state index is 12.0. The van der Waals surface area contributed by atoms with Crippen molar-refractivity contribution in [3.63, 3.8) is 0 Å². The van der Waals surface area contributed by atoms with Gasteiger partial charge in [-0.3, -0.25) is 5.32 Å². The maximum absolute atomic E-state index is 12.0. The van der Waals surface area contributed by atoms with Crippen molar-refractivity contribution in [1.29, 1.82) is 0 Å². The predicted molar refractivity (Wildman–Crippen MR) is 85.0 cm³/mol. The Labute approximate surface area is 132 Å². The van der Waals surface area contributed by atoms with Crippen LogP contribution < -0.4 is 10.6 Å². The van der Waals surface area contributed by atoms with Crippen LogP contribution in [0.3, 0.4) is 0 Å². The van der Waals surface area contributed by atoms with E-state index in [1.165, 1.54) is 0 Å². The molecule has 1 saturated carbocycles. The monoisotopic (exact) mass is 333 g/mol. The molecule has 0 saturated heterocycles. The summed E-state index contributed by atoms with van der Waals surface area (Å²) < 4.78 is 24.1. The number of sulfonamides is 1. The smallest absolute Gasteiger partial charge is 0.335 e. The highest BCUT2D eigenvalue weighted by Crippen LogP contribution is 2.17. The molecule has 7 nitrogen and oxygen atoms in total. The molecule has 0 atom stereocenters. The van der Waals surface area contributed by atoms with Gasteiger partial charge in [-0.05, 0) is 19.3 Å². The van der Waals surface area contributed by atoms with Crippen molar-refractivity contribution < 1.29 is 18.0 Å². The van der Waals surface area contributed by atoms with E-state index >= 15 is 0 Å². The first-order chi connectivity index (χ1) is 10.3. The van der Waals surface area contributed by atoms with Crippen molar-refractivity contribution in [3.8, 4) is 0 Å². The predicted octanol–water partition coefficient (Wildman–Crippen LogP) is 2.19. The minimum Gasteiger partial charge on any atom is -0.335 e. The molecule has 1 aliphatic carbocycles. The van der Waals surface area contributed by atoms with Gasteiger partial charge in [-0.1, -0.05) is 39.0 Å². The number of rotatable bonds is 6. The van der Waals surface area contributed by atoms with Crippen molar-refractivity contribution in [2.45, 2.75) is 64.3 Å². The first kappa shape index (κ1) is 18.7. The normalized spacial score (nSPS) is 16.1. The van der Waals surface area contributed by atoms with E-state index in [9.17, 15) is 18.0 Å². The molecular weight excluding hydrogens is 306 g/mol. The Balaban J connectivity index is 2.52. The molecule has 1 rings (SSSR count). The molecular formula is C14H27N3O4S. The highest BCUT2D eigenvalue weighted by molar-refractivity contribution is 7.88. The molecule has 0 aromatic heterocycles. The Morgan fingerprint density at radius 1 is 1.14 bits per heavy atom. The van der Waals surface area contributed by atoms with Gasteiger partial charge in [-0.15, -0.1) is 0 Å². The summed E-state index contributed by atoms with van der Waals surface area (Å²) in [5, 5.41) is 4.85. The average Bonchev–Trinajstić information content (AvgIpc) is 2.43. The van der Waals surface area contributed by atoms with Gasteiger partial charge in [0.1, 0.15) is 0 Å². The lowest BCUT2D eigenvalue weighted by Gasteiger charge is -2.24. The Morgan fingerprint density at radius 2 is 1.77 bits per heavy atom. The molecule has 0 bridgehead atoms. The number of nitrogens with one attached hydrogen (secondary N) is 2. The highest BCUT2D eigenvalue weighted by Gasteiger charge is 2.25. The van der Waals surface area contributed by atoms with E-state index in [-0.39, 0.29) is 12.6 Å². The van der Waals surface area contributed by atoms with Crippen LogP contribution in [0.4, 0.5) is 9.59 Å². The van der Waals surface area contributed by atoms with Crippen molar-refractivity contribution in [3.05, 3.63) is 0 Å². The largest absolute Gasteiger partial charge is 0.339 e. The molecule has 0 aromatic rings. The number of hydrogen-bond acceptors (Lipinski definition) is 4. The molecule has 1 fully saturated rings. The number of amides is 4. The molecule has 4 amide bonds. The number of nitrogens with zero attached hydrogens (tertiary/aromatic N) is 1. The Kier molecular flexibility index (Phi) is 7.64. The van der Waals surface area contributed by atoms with Crippen molar-refractivity contribution >= 4 is 22.1 Å². The number of urea groups is 2. The second-order valence-corrected chi connectivity index (χ2v) is 7.69. The second kappa shape index (κ2) is 8.97. The number of carbonyl (C=O) groups excluding carboxylic acids is 2. The van der Waals surface area contributed by atoms with E-state index in [1.54, 1.807) is 0 Å². The highest BCUT2D eigenvalue weighted by atomic mass is 32.2. The minimum atomic E-state index is -3.68. The summed E-state index contributed by atoms with van der Waals surface area (Å²) >= 11 is 0. The van der Waals surface area contributed by atoms with Gasteiger partial charge in [-0.25, -0.2) is 22.3 Å². The van der Waals surface area contributed by atoms with Gasteiger partial charge in [0.2, 0.25) is 10.0 Å². The van der Waals surface area contributed by atoms with Crippen LogP contribution >= 0.6 is 0 Å². The summed E-state index contributed by atoms with van der Waals surface area (Å²) in [7, 11) is -3.68. The van der Waals surface area contributed by atoms with Crippen LogP contribution in [0.1, 0.15) is 58.3 Å². The fraction of sp³-hybridized carbons (Fsp3) is 0.857. The van der Waals surface area contributed by atoms with Crippen LogP contribution in [0, 0.1) is 0 Å². The van der Waals surface area contributed by atoms with E-state index in [4.69, 9.17) is 0 Å². The summed E-state index contributed by atoms with van der Waals surface area (Å²) in [6.45, 7) is 2.08. The van der Waals surface area contributed by atoms with Gasteiger partial charge in [0.05, 0.1) is 6.26 Å². The number of imide groups is 1. The zero-order valence-electron chi connectivity index (χ0n) is 13.4. The third kappa shape index (κ3) is 6.64. The first-order valence-electron chi connectivity index (χ1n) is 7.93. The van der Waals surface area contributed by atoms with Gasteiger partial charge in [0, 0.05) is 12.6 Å². The van der Waals surface area contributed by atoms with Crippen molar-refractivity contribution in [2.24, 2.45) is 0 Å². The van der Waals surface area contributed by atoms with Crippen molar-refractivity contribution in [1.82, 2.24) is 14.9 Å². The summed E-state index contributed by atoms with van der Waals surface area (Å²) in [6, 6.07) is -1.44. The molecule has 128 valence electrons. The SMILES string of the molecule is CCCCCN(C(=O)NC(=O)NC1CCCCC1)S(C)(=O)=O. The average molecular weight is 333 g/mol. The van der Waals surface area contributed by atoms with Crippen molar-refractivity contribution in [2.75, 3.05) is 12.8 Å². The molecule has 0 spiro atoms. The number of hydrogen-bond donors (Lipinski definition) is 2. The maximum Gasteiger partial charge on any atom is 0.339 e. The molecule has 0 aliphatic heterocycles. The summed E-state index contributed by atoms with van der Waals surface area (Å²) in [6.07, 6.45) is 8.38. The van der Waals surface area contributed by atoms with Gasteiger partial charge >= 0.3 is 12.1 Å². The molecule has 0 radical (unpaired) electrons. The lowest BCUT2D eigenvalue weighted by atomic mass is 9.96. The Morgan fingerprint density at radius 3 is 2.32 bits per heavy atom. The number of unbranched alkanes of at least 4 members (excludes halogenated alkanes) is 2. The fourth-order valence-corrected chi connectivity index (χ4v) is 3.36. The topological polar surface area (TPSA) is 95.6 Å². The van der Waals surface area contributed by atoms with Crippen LogP contribution in [-0.4, -0.2) is 43.6 Å². The summed E-state index contributed by atoms with van der Waals surface area (Å²) in [5.74, 6) is 0. The summed E-state index contributed by atoms with van der Waals surface area (Å²) in [4.78, 5) is 23.8. The second-order valence-electron chi connectivity index (χ2n) is 5.78. The van der Waals surface area contributed by atoms with Crippen LogP contribution in [-0.2, 0) is 10.0 Å². The zero-order valence-corrected chi connectivity index (χ0v) is 14.2. The Bertz CT molecular complexity index is 472. The molecule has 0 heterocycles. The molecule has 1 aliphatic rings. The first-order valence-corrected chi connectivity index (χ1v) is 9.78. The Hall–Kier alpha value is -1.31. The third-order valence-corrected chi connectivity index (χ3v) is 4.90. The van der Waals surface area contributed by atoms with E-state index in [0.29, 0.717) is 6.42 Å². The van der Waals surface area contributed by atoms with Crippen LogP contribution in [0.2, 0.25) is 0 Å². The standard InChI is InChI=1S/C14H27N3O4S/c1-3-4-8-11-17(22(2,20)21)14(19)16-13(18)15-12-9-6-5-7-10-12/h12H,3-11H2,1-2H3,(H2,15,16,18,19). The van der Waals surface area contributed by atoms with Crippen LogP contribution in [0.15, 0.2) is 0 Å². The van der Waals surface area contributed by atoms with E-state index in [0.717, 1.165) is 55.5 Å². The fourth-order valence-electron chi connectivity index (χ4n) is 2.55. The van der Waals surface area contributed by atoms with Gasteiger partial charge < -0.3 is 5.32 Å². The molecule has 8 heteroatoms. The number of carbonyl (C=O) groups is 2. The van der Waals surface area contributed by atoms with Gasteiger partial charge in [0.25, 0.3) is 0 Å². The third-order valence-electron chi connectivity index (χ3n) is 3.75. The van der Waals surface area contributed by atoms with Gasteiger partial charge in [-0.2, -0.15) is 0 Å². The molecule has 0 unspecified atom stereocenters. The van der Waals surface area contributed by atoms with E-state index in [2.05, 4.69) is 10.6 Å². The van der Waals surface area contributed by atoms with Crippen LogP contribution in [0.25, 0.3) is 0 Å².